The molecule has 2 heterocycles. The summed E-state index contributed by atoms with van der Waals surface area (Å²) in [6.07, 6.45) is 0.885. The van der Waals surface area contributed by atoms with E-state index in [1.807, 2.05) is 13.8 Å². The Morgan fingerprint density at radius 1 is 1.38 bits per heavy atom. The van der Waals surface area contributed by atoms with Gasteiger partial charge in [0.25, 0.3) is 0 Å². The van der Waals surface area contributed by atoms with Gasteiger partial charge in [0.2, 0.25) is 0 Å². The zero-order chi connectivity index (χ0) is 11.8. The number of nitrogens with zero attached hydrogens (tertiary/aromatic N) is 1. The Balaban J connectivity index is 2.47. The minimum absolute atomic E-state index is 0.442. The third-order valence-corrected chi connectivity index (χ3v) is 3.35. The van der Waals surface area contributed by atoms with Gasteiger partial charge >= 0.3 is 5.97 Å². The number of hydrogen-bond acceptors (Lipinski definition) is 4. The lowest BCUT2D eigenvalue weighted by atomic mass is 9.76. The molecule has 1 aliphatic rings. The van der Waals surface area contributed by atoms with Crippen LogP contribution in [0, 0.1) is 13.8 Å². The predicted molar refractivity (Wildman–Crippen MR) is 55.3 cm³/mol. The third kappa shape index (κ3) is 1.51. The van der Waals surface area contributed by atoms with Crippen molar-refractivity contribution in [1.29, 1.82) is 0 Å². The lowest BCUT2D eigenvalue weighted by Gasteiger charge is -2.31. The summed E-state index contributed by atoms with van der Waals surface area (Å²) >= 11 is 0. The third-order valence-electron chi connectivity index (χ3n) is 3.35. The van der Waals surface area contributed by atoms with Gasteiger partial charge in [0.1, 0.15) is 5.41 Å². The maximum absolute atomic E-state index is 11.5. The quantitative estimate of drug-likeness (QED) is 0.824. The van der Waals surface area contributed by atoms with Crippen molar-refractivity contribution in [3.63, 3.8) is 0 Å². The molecule has 0 unspecified atom stereocenters. The summed E-state index contributed by atoms with van der Waals surface area (Å²) in [5.74, 6) is -0.365. The fourth-order valence-electron chi connectivity index (χ4n) is 2.12. The molecule has 0 aliphatic carbocycles. The summed E-state index contributed by atoms with van der Waals surface area (Å²) in [5.41, 5.74) is 0.635. The van der Waals surface area contributed by atoms with Crippen molar-refractivity contribution < 1.29 is 19.2 Å². The molecule has 88 valence electrons. The number of carbonyl (C=O) groups is 1. The highest BCUT2D eigenvalue weighted by molar-refractivity contribution is 5.81. The maximum Gasteiger partial charge on any atom is 0.317 e. The van der Waals surface area contributed by atoms with Gasteiger partial charge in [-0.3, -0.25) is 4.79 Å². The van der Waals surface area contributed by atoms with Crippen LogP contribution < -0.4 is 0 Å². The van der Waals surface area contributed by atoms with Crippen molar-refractivity contribution in [2.75, 3.05) is 13.2 Å². The molecule has 0 saturated carbocycles. The van der Waals surface area contributed by atoms with Crippen LogP contribution in [0.2, 0.25) is 0 Å². The molecular formula is C11H15NO4. The molecule has 0 atom stereocenters. The number of aryl methyl sites for hydroxylation is 1. The summed E-state index contributed by atoms with van der Waals surface area (Å²) in [6.45, 7) is 4.56. The Labute approximate surface area is 93.4 Å². The van der Waals surface area contributed by atoms with Crippen LogP contribution in [0.3, 0.4) is 0 Å². The monoisotopic (exact) mass is 225 g/mol. The Kier molecular flexibility index (Phi) is 2.71. The van der Waals surface area contributed by atoms with E-state index in [4.69, 9.17) is 9.26 Å². The van der Waals surface area contributed by atoms with Crippen LogP contribution in [-0.4, -0.2) is 29.4 Å². The molecule has 0 amide bonds. The summed E-state index contributed by atoms with van der Waals surface area (Å²) in [7, 11) is 0. The first-order chi connectivity index (χ1) is 7.58. The van der Waals surface area contributed by atoms with Crippen LogP contribution in [-0.2, 0) is 14.9 Å². The van der Waals surface area contributed by atoms with Crippen LogP contribution >= 0.6 is 0 Å². The van der Waals surface area contributed by atoms with E-state index in [9.17, 15) is 9.90 Å². The average molecular weight is 225 g/mol. The number of ether oxygens (including phenoxy) is 1. The summed E-state index contributed by atoms with van der Waals surface area (Å²) in [5, 5.41) is 13.3. The summed E-state index contributed by atoms with van der Waals surface area (Å²) in [6, 6.07) is 0. The zero-order valence-electron chi connectivity index (χ0n) is 9.45. The van der Waals surface area contributed by atoms with Gasteiger partial charge in [-0.1, -0.05) is 5.16 Å². The molecule has 0 aromatic carbocycles. The van der Waals surface area contributed by atoms with Gasteiger partial charge < -0.3 is 14.4 Å². The van der Waals surface area contributed by atoms with E-state index in [2.05, 4.69) is 5.16 Å². The molecule has 1 N–H and O–H groups in total. The van der Waals surface area contributed by atoms with E-state index in [0.29, 0.717) is 31.8 Å². The lowest BCUT2D eigenvalue weighted by molar-refractivity contribution is -0.149. The van der Waals surface area contributed by atoms with E-state index in [0.717, 1.165) is 11.3 Å². The SMILES string of the molecule is Cc1noc(C2(C(=O)O)CCOCC2)c1C. The van der Waals surface area contributed by atoms with Crippen LogP contribution in [0.4, 0.5) is 0 Å². The molecule has 16 heavy (non-hydrogen) atoms. The van der Waals surface area contributed by atoms with Gasteiger partial charge in [-0.2, -0.15) is 0 Å². The second-order valence-electron chi connectivity index (χ2n) is 4.22. The first kappa shape index (κ1) is 11.1. The van der Waals surface area contributed by atoms with Crippen LogP contribution in [0.25, 0.3) is 0 Å². The van der Waals surface area contributed by atoms with Gasteiger partial charge in [-0.05, 0) is 26.7 Å². The van der Waals surface area contributed by atoms with Gasteiger partial charge in [0, 0.05) is 18.8 Å². The smallest absolute Gasteiger partial charge is 0.317 e. The summed E-state index contributed by atoms with van der Waals surface area (Å²) in [4.78, 5) is 11.5. The van der Waals surface area contributed by atoms with Crippen molar-refractivity contribution in [3.05, 3.63) is 17.0 Å². The van der Waals surface area contributed by atoms with Crippen molar-refractivity contribution in [1.82, 2.24) is 5.16 Å². The normalized spacial score (nSPS) is 19.6. The van der Waals surface area contributed by atoms with Crippen molar-refractivity contribution in [2.45, 2.75) is 32.1 Å². The number of carboxylic acid groups (broad SMARTS) is 1. The van der Waals surface area contributed by atoms with Crippen molar-refractivity contribution >= 4 is 5.97 Å². The Bertz CT molecular complexity index is 404. The number of aromatic nitrogens is 1. The topological polar surface area (TPSA) is 72.6 Å². The van der Waals surface area contributed by atoms with Crippen molar-refractivity contribution in [3.8, 4) is 0 Å². The van der Waals surface area contributed by atoms with Crippen molar-refractivity contribution in [2.24, 2.45) is 0 Å². The van der Waals surface area contributed by atoms with Gasteiger partial charge in [-0.25, -0.2) is 0 Å². The van der Waals surface area contributed by atoms with Crippen LogP contribution in [0.15, 0.2) is 4.52 Å². The Hall–Kier alpha value is -1.36. The second-order valence-corrected chi connectivity index (χ2v) is 4.22. The van der Waals surface area contributed by atoms with E-state index in [-0.39, 0.29) is 0 Å². The van der Waals surface area contributed by atoms with E-state index in [1.165, 1.54) is 0 Å². The van der Waals surface area contributed by atoms with Crippen LogP contribution in [0.1, 0.15) is 29.9 Å². The zero-order valence-corrected chi connectivity index (χ0v) is 9.45. The molecular weight excluding hydrogens is 210 g/mol. The molecule has 1 aromatic heterocycles. The van der Waals surface area contributed by atoms with Gasteiger partial charge in [0.15, 0.2) is 5.76 Å². The minimum Gasteiger partial charge on any atom is -0.480 e. The number of aliphatic carboxylic acids is 1. The molecule has 0 bridgehead atoms. The van der Waals surface area contributed by atoms with E-state index < -0.39 is 11.4 Å². The van der Waals surface area contributed by atoms with Crippen LogP contribution in [0.5, 0.6) is 0 Å². The second kappa shape index (κ2) is 3.90. The molecule has 1 aliphatic heterocycles. The molecule has 0 radical (unpaired) electrons. The maximum atomic E-state index is 11.5. The fraction of sp³-hybridized carbons (Fsp3) is 0.636. The first-order valence-corrected chi connectivity index (χ1v) is 5.32. The molecule has 5 nitrogen and oxygen atoms in total. The van der Waals surface area contributed by atoms with E-state index in [1.54, 1.807) is 0 Å². The highest BCUT2D eigenvalue weighted by Gasteiger charge is 2.46. The predicted octanol–water partition coefficient (Wildman–Crippen LogP) is 1.42. The highest BCUT2D eigenvalue weighted by Crippen LogP contribution is 2.37. The molecule has 1 saturated heterocycles. The Morgan fingerprint density at radius 3 is 2.44 bits per heavy atom. The molecule has 5 heteroatoms. The number of hydrogen-bond donors (Lipinski definition) is 1. The molecule has 0 spiro atoms. The number of carboxylic acids is 1. The Morgan fingerprint density at radius 2 is 2.00 bits per heavy atom. The average Bonchev–Trinajstić information content (AvgIpc) is 2.61. The first-order valence-electron chi connectivity index (χ1n) is 5.32. The fourth-order valence-corrected chi connectivity index (χ4v) is 2.12. The summed E-state index contributed by atoms with van der Waals surface area (Å²) < 4.78 is 10.4. The molecule has 1 fully saturated rings. The van der Waals surface area contributed by atoms with Gasteiger partial charge in [-0.15, -0.1) is 0 Å². The largest absolute Gasteiger partial charge is 0.480 e. The molecule has 2 rings (SSSR count). The lowest BCUT2D eigenvalue weighted by Crippen LogP contribution is -2.41. The van der Waals surface area contributed by atoms with Gasteiger partial charge in [0.05, 0.1) is 5.69 Å². The minimum atomic E-state index is -0.955. The highest BCUT2D eigenvalue weighted by atomic mass is 16.5. The van der Waals surface area contributed by atoms with E-state index >= 15 is 0 Å². The molecule has 1 aromatic rings. The standard InChI is InChI=1S/C11H15NO4/c1-7-8(2)12-16-9(7)11(10(13)14)3-5-15-6-4-11/h3-6H2,1-2H3,(H,13,14). The number of rotatable bonds is 2.